The highest BCUT2D eigenvalue weighted by molar-refractivity contribution is 9.10. The Morgan fingerprint density at radius 1 is 1.42 bits per heavy atom. The number of likely N-dealkylation sites (N-methyl/N-ethyl adjacent to an activating group) is 1. The Kier molecular flexibility index (Phi) is 6.93. The smallest absolute Gasteiger partial charge is 0.240 e. The van der Waals surface area contributed by atoms with Gasteiger partial charge in [0, 0.05) is 16.6 Å². The number of anilines is 1. The van der Waals surface area contributed by atoms with Gasteiger partial charge < -0.3 is 9.84 Å². The first-order chi connectivity index (χ1) is 11.5. The van der Waals surface area contributed by atoms with Crippen molar-refractivity contribution < 1.29 is 9.32 Å². The number of amides is 1. The summed E-state index contributed by atoms with van der Waals surface area (Å²) in [7, 11) is 1.85. The second-order valence-corrected chi connectivity index (χ2v) is 6.80. The van der Waals surface area contributed by atoms with Gasteiger partial charge in [-0.25, -0.2) is 0 Å². The van der Waals surface area contributed by atoms with Crippen LogP contribution in [0.15, 0.2) is 27.2 Å². The van der Waals surface area contributed by atoms with Crippen LogP contribution >= 0.6 is 15.9 Å². The molecule has 24 heavy (non-hydrogen) atoms. The number of nitrogens with one attached hydrogen (secondary N) is 1. The van der Waals surface area contributed by atoms with E-state index in [1.54, 1.807) is 0 Å². The van der Waals surface area contributed by atoms with Crippen molar-refractivity contribution >= 4 is 27.5 Å². The number of aromatic nitrogens is 2. The van der Waals surface area contributed by atoms with Crippen molar-refractivity contribution in [2.24, 2.45) is 0 Å². The Labute approximate surface area is 150 Å². The summed E-state index contributed by atoms with van der Waals surface area (Å²) in [5, 5.41) is 6.87. The molecular formula is C17H23BrN4O2. The number of aryl methyl sites for hydroxylation is 2. The third-order valence-electron chi connectivity index (χ3n) is 3.55. The predicted molar refractivity (Wildman–Crippen MR) is 96.8 cm³/mol. The van der Waals surface area contributed by atoms with E-state index in [4.69, 9.17) is 4.52 Å². The molecule has 0 radical (unpaired) electrons. The lowest BCUT2D eigenvalue weighted by Crippen LogP contribution is -2.30. The second kappa shape index (κ2) is 8.94. The maximum atomic E-state index is 12.2. The van der Waals surface area contributed by atoms with Crippen LogP contribution in [0.2, 0.25) is 0 Å². The Bertz CT molecular complexity index is 687. The SMILES string of the molecule is CCCCc1noc(CN(C)CC(=O)Nc2ccc(Br)cc2C)n1. The number of rotatable bonds is 8. The number of halogens is 1. The van der Waals surface area contributed by atoms with Crippen LogP contribution in [-0.2, 0) is 17.8 Å². The van der Waals surface area contributed by atoms with Crippen molar-refractivity contribution in [2.75, 3.05) is 18.9 Å². The molecule has 0 saturated heterocycles. The fourth-order valence-corrected chi connectivity index (χ4v) is 2.76. The van der Waals surface area contributed by atoms with Crippen LogP contribution in [-0.4, -0.2) is 34.5 Å². The largest absolute Gasteiger partial charge is 0.338 e. The molecule has 0 saturated carbocycles. The van der Waals surface area contributed by atoms with E-state index in [0.717, 1.165) is 40.8 Å². The van der Waals surface area contributed by atoms with Crippen molar-refractivity contribution in [3.8, 4) is 0 Å². The molecule has 1 aromatic carbocycles. The van der Waals surface area contributed by atoms with E-state index < -0.39 is 0 Å². The predicted octanol–water partition coefficient (Wildman–Crippen LogP) is 3.55. The van der Waals surface area contributed by atoms with E-state index in [1.807, 2.05) is 37.1 Å². The van der Waals surface area contributed by atoms with Gasteiger partial charge in [-0.3, -0.25) is 9.69 Å². The van der Waals surface area contributed by atoms with Crippen molar-refractivity contribution in [1.29, 1.82) is 0 Å². The van der Waals surface area contributed by atoms with E-state index >= 15 is 0 Å². The number of nitrogens with zero attached hydrogens (tertiary/aromatic N) is 3. The molecule has 130 valence electrons. The molecule has 0 aliphatic carbocycles. The fourth-order valence-electron chi connectivity index (χ4n) is 2.28. The zero-order valence-corrected chi connectivity index (χ0v) is 15.9. The molecule has 0 atom stereocenters. The molecule has 0 unspecified atom stereocenters. The molecule has 0 aliphatic heterocycles. The molecular weight excluding hydrogens is 372 g/mol. The number of benzene rings is 1. The Morgan fingerprint density at radius 2 is 2.21 bits per heavy atom. The molecule has 2 rings (SSSR count). The lowest BCUT2D eigenvalue weighted by molar-refractivity contribution is -0.117. The average Bonchev–Trinajstić information content (AvgIpc) is 2.95. The molecule has 1 amide bonds. The van der Waals surface area contributed by atoms with Crippen LogP contribution in [0.25, 0.3) is 0 Å². The summed E-state index contributed by atoms with van der Waals surface area (Å²) >= 11 is 3.41. The summed E-state index contributed by atoms with van der Waals surface area (Å²) in [6, 6.07) is 5.76. The number of hydrogen-bond acceptors (Lipinski definition) is 5. The minimum atomic E-state index is -0.0753. The zero-order valence-electron chi connectivity index (χ0n) is 14.3. The van der Waals surface area contributed by atoms with Crippen LogP contribution < -0.4 is 5.32 Å². The maximum Gasteiger partial charge on any atom is 0.240 e. The quantitative estimate of drug-likeness (QED) is 0.740. The molecule has 7 heteroatoms. The first-order valence-electron chi connectivity index (χ1n) is 8.04. The summed E-state index contributed by atoms with van der Waals surface area (Å²) < 4.78 is 6.22. The standard InChI is InChI=1S/C17H23BrN4O2/c1-4-5-6-15-20-17(24-21-15)11-22(3)10-16(23)19-14-8-7-13(18)9-12(14)2/h7-9H,4-6,10-11H2,1-3H3,(H,19,23). The zero-order chi connectivity index (χ0) is 17.5. The van der Waals surface area contributed by atoms with Gasteiger partial charge in [0.2, 0.25) is 11.8 Å². The first-order valence-corrected chi connectivity index (χ1v) is 8.83. The van der Waals surface area contributed by atoms with Gasteiger partial charge in [0.05, 0.1) is 13.1 Å². The van der Waals surface area contributed by atoms with Gasteiger partial charge in [0.15, 0.2) is 5.82 Å². The fraction of sp³-hybridized carbons (Fsp3) is 0.471. The highest BCUT2D eigenvalue weighted by atomic mass is 79.9. The Morgan fingerprint density at radius 3 is 2.92 bits per heavy atom. The van der Waals surface area contributed by atoms with Crippen molar-refractivity contribution in [2.45, 2.75) is 39.7 Å². The molecule has 1 heterocycles. The Hall–Kier alpha value is -1.73. The molecule has 6 nitrogen and oxygen atoms in total. The summed E-state index contributed by atoms with van der Waals surface area (Å²) in [5.74, 6) is 1.19. The molecule has 0 bridgehead atoms. The van der Waals surface area contributed by atoms with Crippen molar-refractivity contribution in [3.63, 3.8) is 0 Å². The minimum Gasteiger partial charge on any atom is -0.338 e. The number of carbonyl (C=O) groups is 1. The summed E-state index contributed by atoms with van der Waals surface area (Å²) in [6.45, 7) is 4.79. The average molecular weight is 395 g/mol. The molecule has 1 N–H and O–H groups in total. The Balaban J connectivity index is 1.83. The molecule has 1 aromatic heterocycles. The lowest BCUT2D eigenvalue weighted by atomic mass is 10.2. The molecule has 2 aromatic rings. The first kappa shape index (κ1) is 18.6. The number of unbranched alkanes of at least 4 members (excludes halogenated alkanes) is 1. The summed E-state index contributed by atoms with van der Waals surface area (Å²) in [5.41, 5.74) is 1.83. The minimum absolute atomic E-state index is 0.0753. The van der Waals surface area contributed by atoms with E-state index in [-0.39, 0.29) is 12.5 Å². The number of hydrogen-bond donors (Lipinski definition) is 1. The third kappa shape index (κ3) is 5.72. The molecule has 0 aliphatic rings. The summed E-state index contributed by atoms with van der Waals surface area (Å²) in [4.78, 5) is 18.4. The maximum absolute atomic E-state index is 12.2. The molecule has 0 fully saturated rings. The van der Waals surface area contributed by atoms with Gasteiger partial charge in [-0.1, -0.05) is 34.4 Å². The van der Waals surface area contributed by atoms with Gasteiger partial charge in [0.25, 0.3) is 0 Å². The van der Waals surface area contributed by atoms with Gasteiger partial charge >= 0.3 is 0 Å². The third-order valence-corrected chi connectivity index (χ3v) is 4.04. The normalized spacial score (nSPS) is 11.0. The van der Waals surface area contributed by atoms with Crippen LogP contribution in [0.1, 0.15) is 37.0 Å². The van der Waals surface area contributed by atoms with Gasteiger partial charge in [0.1, 0.15) is 0 Å². The summed E-state index contributed by atoms with van der Waals surface area (Å²) in [6.07, 6.45) is 2.97. The van der Waals surface area contributed by atoms with Crippen molar-refractivity contribution in [3.05, 3.63) is 40.0 Å². The highest BCUT2D eigenvalue weighted by Gasteiger charge is 2.13. The topological polar surface area (TPSA) is 71.3 Å². The van der Waals surface area contributed by atoms with E-state index in [2.05, 4.69) is 38.3 Å². The van der Waals surface area contributed by atoms with E-state index in [1.165, 1.54) is 0 Å². The van der Waals surface area contributed by atoms with Crippen LogP contribution in [0, 0.1) is 6.92 Å². The van der Waals surface area contributed by atoms with Gasteiger partial charge in [-0.2, -0.15) is 4.98 Å². The highest BCUT2D eigenvalue weighted by Crippen LogP contribution is 2.19. The van der Waals surface area contributed by atoms with Crippen LogP contribution in [0.4, 0.5) is 5.69 Å². The molecule has 0 spiro atoms. The monoisotopic (exact) mass is 394 g/mol. The van der Waals surface area contributed by atoms with Crippen molar-refractivity contribution in [1.82, 2.24) is 15.0 Å². The van der Waals surface area contributed by atoms with Gasteiger partial charge in [-0.15, -0.1) is 0 Å². The van der Waals surface area contributed by atoms with E-state index in [0.29, 0.717) is 12.4 Å². The second-order valence-electron chi connectivity index (χ2n) is 5.89. The number of carbonyl (C=O) groups excluding carboxylic acids is 1. The van der Waals surface area contributed by atoms with Crippen LogP contribution in [0.5, 0.6) is 0 Å². The van der Waals surface area contributed by atoms with Gasteiger partial charge in [-0.05, 0) is 44.2 Å². The van der Waals surface area contributed by atoms with Crippen LogP contribution in [0.3, 0.4) is 0 Å². The van der Waals surface area contributed by atoms with E-state index in [9.17, 15) is 4.79 Å². The lowest BCUT2D eigenvalue weighted by Gasteiger charge is -2.15.